The Hall–Kier alpha value is -1.11. The number of halogens is 1. The van der Waals surface area contributed by atoms with Crippen LogP contribution in [0.15, 0.2) is 12.2 Å². The summed E-state index contributed by atoms with van der Waals surface area (Å²) in [5, 5.41) is 12.7. The van der Waals surface area contributed by atoms with Gasteiger partial charge in [-0.25, -0.2) is 4.79 Å². The molecular formula is C13H18ClNO5. The molecule has 1 saturated heterocycles. The highest BCUT2D eigenvalue weighted by atomic mass is 35.5. The summed E-state index contributed by atoms with van der Waals surface area (Å²) in [7, 11) is 0. The van der Waals surface area contributed by atoms with Crippen molar-refractivity contribution in [2.45, 2.75) is 43.5 Å². The third kappa shape index (κ3) is 2.68. The van der Waals surface area contributed by atoms with Crippen LogP contribution in [0.4, 0.5) is 4.79 Å². The molecule has 0 aromatic carbocycles. The van der Waals surface area contributed by atoms with E-state index in [1.807, 2.05) is 5.32 Å². The van der Waals surface area contributed by atoms with Gasteiger partial charge in [-0.1, -0.05) is 6.58 Å². The van der Waals surface area contributed by atoms with E-state index in [2.05, 4.69) is 6.58 Å². The summed E-state index contributed by atoms with van der Waals surface area (Å²) in [5.74, 6) is -0.934. The lowest BCUT2D eigenvalue weighted by Gasteiger charge is -2.41. The molecule has 6 nitrogen and oxygen atoms in total. The average Bonchev–Trinajstić information content (AvgIpc) is 3.15. The van der Waals surface area contributed by atoms with Crippen LogP contribution in [0.2, 0.25) is 0 Å². The number of hydrogen-bond acceptors (Lipinski definition) is 5. The Kier molecular flexibility index (Phi) is 4.09. The van der Waals surface area contributed by atoms with Crippen LogP contribution in [-0.4, -0.2) is 46.9 Å². The van der Waals surface area contributed by atoms with Gasteiger partial charge >= 0.3 is 6.09 Å². The molecule has 0 aromatic heterocycles. The molecule has 20 heavy (non-hydrogen) atoms. The first-order valence-electron chi connectivity index (χ1n) is 6.42. The number of alkyl halides is 1. The number of nitrogens with one attached hydrogen (secondary N) is 1. The van der Waals surface area contributed by atoms with Gasteiger partial charge in [-0.15, -0.1) is 11.6 Å². The molecule has 1 aliphatic carbocycles. The number of alkyl carbamates (subject to hydrolysis) is 1. The summed E-state index contributed by atoms with van der Waals surface area (Å²) < 4.78 is 10.6. The van der Waals surface area contributed by atoms with Crippen molar-refractivity contribution >= 4 is 23.6 Å². The topological polar surface area (TPSA) is 88.2 Å². The highest BCUT2D eigenvalue weighted by Crippen LogP contribution is 2.52. The van der Waals surface area contributed by atoms with Crippen molar-refractivity contribution < 1.29 is 24.2 Å². The number of amides is 2. The van der Waals surface area contributed by atoms with Gasteiger partial charge in [-0.05, 0) is 25.3 Å². The van der Waals surface area contributed by atoms with E-state index in [1.54, 1.807) is 6.92 Å². The smallest absolute Gasteiger partial charge is 0.414 e. The molecule has 0 bridgehead atoms. The first kappa shape index (κ1) is 15.3. The highest BCUT2D eigenvalue weighted by molar-refractivity contribution is 6.28. The molecule has 0 radical (unpaired) electrons. The number of carbonyl (C=O) groups excluding carboxylic acids is 2. The van der Waals surface area contributed by atoms with E-state index in [0.29, 0.717) is 25.0 Å². The van der Waals surface area contributed by atoms with E-state index >= 15 is 0 Å². The lowest BCUT2D eigenvalue weighted by atomic mass is 9.70. The number of imide groups is 1. The van der Waals surface area contributed by atoms with Gasteiger partial charge in [0.05, 0.1) is 6.61 Å². The van der Waals surface area contributed by atoms with Crippen molar-refractivity contribution in [1.29, 1.82) is 0 Å². The van der Waals surface area contributed by atoms with Gasteiger partial charge in [0.1, 0.15) is 23.2 Å². The third-order valence-corrected chi connectivity index (χ3v) is 4.23. The predicted molar refractivity (Wildman–Crippen MR) is 71.4 cm³/mol. The minimum absolute atomic E-state index is 0.213. The van der Waals surface area contributed by atoms with Crippen LogP contribution in [0.25, 0.3) is 0 Å². The van der Waals surface area contributed by atoms with Crippen LogP contribution in [0.3, 0.4) is 0 Å². The molecule has 1 spiro atoms. The third-order valence-electron chi connectivity index (χ3n) is 3.98. The molecule has 1 aliphatic heterocycles. The fraction of sp³-hybridized carbons (Fsp3) is 0.692. The van der Waals surface area contributed by atoms with Crippen molar-refractivity contribution in [1.82, 2.24) is 5.32 Å². The quantitative estimate of drug-likeness (QED) is 0.463. The maximum atomic E-state index is 11.5. The van der Waals surface area contributed by atoms with E-state index in [-0.39, 0.29) is 12.3 Å². The molecule has 3 atom stereocenters. The van der Waals surface area contributed by atoms with E-state index in [4.69, 9.17) is 21.1 Å². The van der Waals surface area contributed by atoms with Crippen LogP contribution >= 0.6 is 11.6 Å². The van der Waals surface area contributed by atoms with Crippen LogP contribution in [0, 0.1) is 0 Å². The van der Waals surface area contributed by atoms with Gasteiger partial charge in [-0.3, -0.25) is 10.1 Å². The Bertz CT molecular complexity index is 448. The van der Waals surface area contributed by atoms with Crippen molar-refractivity contribution in [2.75, 3.05) is 12.5 Å². The zero-order valence-electron chi connectivity index (χ0n) is 11.3. The van der Waals surface area contributed by atoms with Crippen LogP contribution < -0.4 is 5.32 Å². The summed E-state index contributed by atoms with van der Waals surface area (Å²) in [5.41, 5.74) is -1.20. The lowest BCUT2D eigenvalue weighted by Crippen LogP contribution is -2.53. The van der Waals surface area contributed by atoms with Crippen molar-refractivity contribution in [3.05, 3.63) is 12.2 Å². The second-order valence-corrected chi connectivity index (χ2v) is 5.64. The van der Waals surface area contributed by atoms with Gasteiger partial charge in [-0.2, -0.15) is 0 Å². The first-order valence-corrected chi connectivity index (χ1v) is 6.95. The van der Waals surface area contributed by atoms with Gasteiger partial charge in [0.15, 0.2) is 0 Å². The average molecular weight is 304 g/mol. The normalized spacial score (nSPS) is 35.5. The largest absolute Gasteiger partial charge is 0.446 e. The number of carbonyl (C=O) groups is 2. The monoisotopic (exact) mass is 303 g/mol. The maximum absolute atomic E-state index is 11.5. The fourth-order valence-corrected chi connectivity index (χ4v) is 2.75. The number of epoxide rings is 1. The number of ether oxygens (including phenoxy) is 2. The molecule has 2 aliphatic rings. The standard InChI is InChI=1S/C13H18ClNO5/c1-8(2)13(18)5-9(3-4-12(13)7-19-12)20-11(17)15-10(16)6-14/h9,18H,1,3-7H2,2H3,(H,15,16,17). The minimum Gasteiger partial charge on any atom is -0.446 e. The molecule has 2 amide bonds. The number of rotatable bonds is 3. The van der Waals surface area contributed by atoms with Crippen molar-refractivity contribution in [2.24, 2.45) is 0 Å². The fourth-order valence-electron chi connectivity index (χ4n) is 2.68. The Balaban J connectivity index is 1.97. The summed E-state index contributed by atoms with van der Waals surface area (Å²) in [6.45, 7) is 6.01. The van der Waals surface area contributed by atoms with Gasteiger partial charge in [0.2, 0.25) is 5.91 Å². The zero-order chi connectivity index (χ0) is 15.0. The molecule has 7 heteroatoms. The Morgan fingerprint density at radius 3 is 2.75 bits per heavy atom. The molecule has 0 aromatic rings. The van der Waals surface area contributed by atoms with Gasteiger partial charge in [0.25, 0.3) is 0 Å². The van der Waals surface area contributed by atoms with E-state index in [9.17, 15) is 14.7 Å². The van der Waals surface area contributed by atoms with E-state index < -0.39 is 29.3 Å². The minimum atomic E-state index is -1.20. The molecule has 2 rings (SSSR count). The van der Waals surface area contributed by atoms with E-state index in [1.165, 1.54) is 0 Å². The summed E-state index contributed by atoms with van der Waals surface area (Å²) in [6, 6.07) is 0. The van der Waals surface area contributed by atoms with Crippen LogP contribution in [-0.2, 0) is 14.3 Å². The Morgan fingerprint density at radius 1 is 1.60 bits per heavy atom. The van der Waals surface area contributed by atoms with Crippen molar-refractivity contribution in [3.8, 4) is 0 Å². The SMILES string of the molecule is C=C(C)C1(O)CC(OC(=O)NC(=O)CCl)CCC12CO2. The first-order chi connectivity index (χ1) is 9.33. The van der Waals surface area contributed by atoms with Gasteiger partial charge < -0.3 is 14.6 Å². The van der Waals surface area contributed by atoms with Crippen LogP contribution in [0.1, 0.15) is 26.2 Å². The van der Waals surface area contributed by atoms with Crippen molar-refractivity contribution in [3.63, 3.8) is 0 Å². The summed E-state index contributed by atoms with van der Waals surface area (Å²) in [6.07, 6.45) is 0.0210. The lowest BCUT2D eigenvalue weighted by molar-refractivity contribution is -0.118. The Labute approximate surface area is 122 Å². The van der Waals surface area contributed by atoms with Crippen LogP contribution in [0.5, 0.6) is 0 Å². The second kappa shape index (κ2) is 5.35. The molecular weight excluding hydrogens is 286 g/mol. The molecule has 1 saturated carbocycles. The molecule has 2 fully saturated rings. The molecule has 1 heterocycles. The summed E-state index contributed by atoms with van der Waals surface area (Å²) in [4.78, 5) is 22.5. The number of hydrogen-bond donors (Lipinski definition) is 2. The number of aliphatic hydroxyl groups is 1. The second-order valence-electron chi connectivity index (χ2n) is 5.38. The summed E-state index contributed by atoms with van der Waals surface area (Å²) >= 11 is 5.28. The Morgan fingerprint density at radius 2 is 2.25 bits per heavy atom. The maximum Gasteiger partial charge on any atom is 0.414 e. The predicted octanol–water partition coefficient (Wildman–Crippen LogP) is 1.11. The molecule has 3 unspecified atom stereocenters. The van der Waals surface area contributed by atoms with Gasteiger partial charge in [0, 0.05) is 6.42 Å². The molecule has 112 valence electrons. The van der Waals surface area contributed by atoms with E-state index in [0.717, 1.165) is 0 Å². The highest BCUT2D eigenvalue weighted by Gasteiger charge is 2.64. The molecule has 2 N–H and O–H groups in total. The zero-order valence-corrected chi connectivity index (χ0v) is 12.0.